The molecule has 3 rings (SSSR count). The molecular weight excluding hydrogens is 376 g/mol. The number of amides is 2. The molecule has 0 spiro atoms. The Morgan fingerprint density at radius 3 is 2.79 bits per heavy atom. The van der Waals surface area contributed by atoms with Crippen LogP contribution in [0.4, 0.5) is 22.4 Å². The quantitative estimate of drug-likeness (QED) is 0.794. The van der Waals surface area contributed by atoms with Crippen LogP contribution in [-0.2, 0) is 19.6 Å². The number of likely N-dealkylation sites (tertiary alicyclic amines) is 1. The molecule has 1 N–H and O–H groups in total. The maximum Gasteiger partial charge on any atom is 0.419 e. The molecule has 1 saturated heterocycles. The molecule has 1 aliphatic heterocycles. The second-order valence-corrected chi connectivity index (χ2v) is 7.20. The first-order valence-electron chi connectivity index (χ1n) is 9.03. The SMILES string of the molecule is C[C@@H](NC(=O)N1CCC(Cc2cnn(C)c2)C1)c1cccc(C(F)(F)F)c1F. The van der Waals surface area contributed by atoms with Crippen molar-refractivity contribution in [2.45, 2.75) is 32.0 Å². The molecule has 0 bridgehead atoms. The van der Waals surface area contributed by atoms with Gasteiger partial charge in [-0.15, -0.1) is 0 Å². The standard InChI is InChI=1S/C19H22F4N4O/c1-12(15-4-3-5-16(17(15)20)19(21,22)23)25-18(28)27-7-6-13(11-27)8-14-9-24-26(2)10-14/h3-5,9-10,12-13H,6-8,11H2,1-2H3,(H,25,28)/t12-,13?/m1/s1. The van der Waals surface area contributed by atoms with Crippen molar-refractivity contribution < 1.29 is 22.4 Å². The first kappa shape index (κ1) is 20.2. The Hall–Kier alpha value is -2.58. The highest BCUT2D eigenvalue weighted by Crippen LogP contribution is 2.34. The zero-order chi connectivity index (χ0) is 20.5. The summed E-state index contributed by atoms with van der Waals surface area (Å²) in [5, 5.41) is 6.74. The first-order valence-corrected chi connectivity index (χ1v) is 9.03. The topological polar surface area (TPSA) is 50.2 Å². The zero-order valence-corrected chi connectivity index (χ0v) is 15.6. The molecule has 1 fully saturated rings. The number of alkyl halides is 3. The third-order valence-electron chi connectivity index (χ3n) is 5.00. The van der Waals surface area contributed by atoms with Gasteiger partial charge in [0.15, 0.2) is 0 Å². The fraction of sp³-hybridized carbons (Fsp3) is 0.474. The van der Waals surface area contributed by atoms with E-state index < -0.39 is 29.6 Å². The van der Waals surface area contributed by atoms with E-state index in [1.54, 1.807) is 15.8 Å². The second-order valence-electron chi connectivity index (χ2n) is 7.20. The Morgan fingerprint density at radius 1 is 1.39 bits per heavy atom. The van der Waals surface area contributed by atoms with E-state index in [2.05, 4.69) is 10.4 Å². The predicted molar refractivity (Wildman–Crippen MR) is 94.9 cm³/mol. The van der Waals surface area contributed by atoms with Crippen LogP contribution in [-0.4, -0.2) is 33.8 Å². The average molecular weight is 398 g/mol. The van der Waals surface area contributed by atoms with E-state index in [1.807, 2.05) is 13.2 Å². The zero-order valence-electron chi connectivity index (χ0n) is 15.6. The van der Waals surface area contributed by atoms with Gasteiger partial charge in [-0.3, -0.25) is 4.68 Å². The minimum Gasteiger partial charge on any atom is -0.331 e. The van der Waals surface area contributed by atoms with Crippen molar-refractivity contribution >= 4 is 6.03 Å². The summed E-state index contributed by atoms with van der Waals surface area (Å²) >= 11 is 0. The van der Waals surface area contributed by atoms with Gasteiger partial charge in [-0.25, -0.2) is 9.18 Å². The van der Waals surface area contributed by atoms with Gasteiger partial charge < -0.3 is 10.2 Å². The van der Waals surface area contributed by atoms with Crippen LogP contribution >= 0.6 is 0 Å². The van der Waals surface area contributed by atoms with Crippen LogP contribution in [0, 0.1) is 11.7 Å². The summed E-state index contributed by atoms with van der Waals surface area (Å²) < 4.78 is 54.6. The molecule has 0 aliphatic carbocycles. The summed E-state index contributed by atoms with van der Waals surface area (Å²) in [6.07, 6.45) is 0.574. The van der Waals surface area contributed by atoms with Crippen LogP contribution in [0.5, 0.6) is 0 Å². The predicted octanol–water partition coefficient (Wildman–Crippen LogP) is 3.91. The van der Waals surface area contributed by atoms with E-state index in [-0.39, 0.29) is 11.5 Å². The van der Waals surface area contributed by atoms with Crippen LogP contribution in [0.15, 0.2) is 30.6 Å². The van der Waals surface area contributed by atoms with E-state index in [1.165, 1.54) is 13.0 Å². The summed E-state index contributed by atoms with van der Waals surface area (Å²) in [4.78, 5) is 14.1. The Bertz CT molecular complexity index is 849. The van der Waals surface area contributed by atoms with E-state index in [0.717, 1.165) is 24.5 Å². The van der Waals surface area contributed by atoms with E-state index in [9.17, 15) is 22.4 Å². The van der Waals surface area contributed by atoms with Gasteiger partial charge in [0, 0.05) is 31.9 Å². The number of carbonyl (C=O) groups is 1. The number of nitrogens with one attached hydrogen (secondary N) is 1. The fourth-order valence-corrected chi connectivity index (χ4v) is 3.55. The fourth-order valence-electron chi connectivity index (χ4n) is 3.55. The normalized spacial score (nSPS) is 18.4. The molecule has 0 radical (unpaired) electrons. The lowest BCUT2D eigenvalue weighted by Gasteiger charge is -2.22. The number of hydrogen-bond acceptors (Lipinski definition) is 2. The third-order valence-corrected chi connectivity index (χ3v) is 5.00. The summed E-state index contributed by atoms with van der Waals surface area (Å²) in [6.45, 7) is 2.56. The minimum atomic E-state index is -4.78. The number of nitrogens with zero attached hydrogens (tertiary/aromatic N) is 3. The lowest BCUT2D eigenvalue weighted by atomic mass is 10.0. The van der Waals surface area contributed by atoms with Gasteiger partial charge in [-0.05, 0) is 37.3 Å². The van der Waals surface area contributed by atoms with Crippen LogP contribution < -0.4 is 5.32 Å². The maximum atomic E-state index is 14.3. The van der Waals surface area contributed by atoms with Crippen molar-refractivity contribution in [3.63, 3.8) is 0 Å². The lowest BCUT2D eigenvalue weighted by molar-refractivity contribution is -0.140. The molecule has 5 nitrogen and oxygen atoms in total. The van der Waals surface area contributed by atoms with Gasteiger partial charge in [0.2, 0.25) is 0 Å². The Labute approximate surface area is 160 Å². The van der Waals surface area contributed by atoms with Crippen LogP contribution in [0.2, 0.25) is 0 Å². The largest absolute Gasteiger partial charge is 0.419 e. The van der Waals surface area contributed by atoms with Crippen LogP contribution in [0.25, 0.3) is 0 Å². The molecule has 0 saturated carbocycles. The number of aryl methyl sites for hydroxylation is 1. The minimum absolute atomic E-state index is 0.186. The van der Waals surface area contributed by atoms with Crippen LogP contribution in [0.3, 0.4) is 0 Å². The summed E-state index contributed by atoms with van der Waals surface area (Å²) in [5.41, 5.74) is -0.424. The molecule has 2 atom stereocenters. The Morgan fingerprint density at radius 2 is 2.14 bits per heavy atom. The van der Waals surface area contributed by atoms with Crippen molar-refractivity contribution in [1.29, 1.82) is 0 Å². The number of urea groups is 1. The molecule has 2 amide bonds. The van der Waals surface area contributed by atoms with Gasteiger partial charge in [0.1, 0.15) is 5.82 Å². The van der Waals surface area contributed by atoms with E-state index in [0.29, 0.717) is 19.2 Å². The smallest absolute Gasteiger partial charge is 0.331 e. The summed E-state index contributed by atoms with van der Waals surface area (Å²) in [7, 11) is 1.84. The van der Waals surface area contributed by atoms with Crippen molar-refractivity contribution in [2.24, 2.45) is 13.0 Å². The number of carbonyl (C=O) groups excluding carboxylic acids is 1. The van der Waals surface area contributed by atoms with Gasteiger partial charge in [0.25, 0.3) is 0 Å². The van der Waals surface area contributed by atoms with Crippen molar-refractivity contribution in [3.05, 3.63) is 53.1 Å². The molecule has 28 heavy (non-hydrogen) atoms. The maximum absolute atomic E-state index is 14.3. The van der Waals surface area contributed by atoms with Gasteiger partial charge >= 0.3 is 12.2 Å². The van der Waals surface area contributed by atoms with Gasteiger partial charge in [-0.2, -0.15) is 18.3 Å². The molecule has 1 aliphatic rings. The highest BCUT2D eigenvalue weighted by Gasteiger charge is 2.36. The van der Waals surface area contributed by atoms with E-state index in [4.69, 9.17) is 0 Å². The number of aromatic nitrogens is 2. The number of hydrogen-bond donors (Lipinski definition) is 1. The molecule has 1 unspecified atom stereocenters. The van der Waals surface area contributed by atoms with Crippen LogP contribution in [0.1, 0.15) is 36.1 Å². The monoisotopic (exact) mass is 398 g/mol. The van der Waals surface area contributed by atoms with Crippen molar-refractivity contribution in [2.75, 3.05) is 13.1 Å². The van der Waals surface area contributed by atoms with Crippen molar-refractivity contribution in [1.82, 2.24) is 20.0 Å². The molecule has 1 aromatic heterocycles. The van der Waals surface area contributed by atoms with Crippen molar-refractivity contribution in [3.8, 4) is 0 Å². The molecular formula is C19H22F4N4O. The lowest BCUT2D eigenvalue weighted by Crippen LogP contribution is -2.40. The van der Waals surface area contributed by atoms with Gasteiger partial charge in [0.05, 0.1) is 17.8 Å². The summed E-state index contributed by atoms with van der Waals surface area (Å²) in [5.74, 6) is -1.06. The Kier molecular flexibility index (Phi) is 5.62. The molecule has 1 aromatic carbocycles. The second kappa shape index (κ2) is 7.81. The molecule has 9 heteroatoms. The summed E-state index contributed by atoms with van der Waals surface area (Å²) in [6, 6.07) is 1.80. The molecule has 152 valence electrons. The molecule has 2 aromatic rings. The van der Waals surface area contributed by atoms with E-state index >= 15 is 0 Å². The average Bonchev–Trinajstić information content (AvgIpc) is 3.23. The first-order chi connectivity index (χ1) is 13.1. The number of benzene rings is 1. The van der Waals surface area contributed by atoms with Gasteiger partial charge in [-0.1, -0.05) is 12.1 Å². The third kappa shape index (κ3) is 4.45. The highest BCUT2D eigenvalue weighted by molar-refractivity contribution is 5.75. The number of rotatable bonds is 4. The number of halogens is 4. The molecule has 2 heterocycles. The highest BCUT2D eigenvalue weighted by atomic mass is 19.4. The Balaban J connectivity index is 1.61.